The lowest BCUT2D eigenvalue weighted by atomic mass is 10.1. The van der Waals surface area contributed by atoms with Gasteiger partial charge in [-0.05, 0) is 36.4 Å². The highest BCUT2D eigenvalue weighted by molar-refractivity contribution is 7.98. The van der Waals surface area contributed by atoms with E-state index in [9.17, 15) is 13.2 Å². The van der Waals surface area contributed by atoms with Crippen LogP contribution in [0.2, 0.25) is 5.02 Å². The van der Waals surface area contributed by atoms with Gasteiger partial charge >= 0.3 is 6.18 Å². The number of thioether (sulfide) groups is 1. The monoisotopic (exact) mass is 452 g/mol. The summed E-state index contributed by atoms with van der Waals surface area (Å²) in [5.41, 5.74) is 0.161. The minimum Gasteiger partial charge on any atom is -0.338 e. The second-order valence-corrected chi connectivity index (χ2v) is 7.44. The number of halogens is 4. The Morgan fingerprint density at radius 1 is 1.07 bits per heavy atom. The highest BCUT2D eigenvalue weighted by Gasteiger charge is 2.30. The third-order valence-electron chi connectivity index (χ3n) is 4.01. The summed E-state index contributed by atoms with van der Waals surface area (Å²) in [7, 11) is 0. The highest BCUT2D eigenvalue weighted by Crippen LogP contribution is 2.32. The molecule has 2 aromatic carbocycles. The summed E-state index contributed by atoms with van der Waals surface area (Å²) in [6.07, 6.45) is -4.45. The van der Waals surface area contributed by atoms with Crippen LogP contribution in [0, 0.1) is 0 Å². The van der Waals surface area contributed by atoms with Crippen LogP contribution in [0.4, 0.5) is 13.2 Å². The summed E-state index contributed by atoms with van der Waals surface area (Å²) in [5.74, 6) is 6.99. The summed E-state index contributed by atoms with van der Waals surface area (Å²) >= 11 is 7.08. The number of nitrogen functional groups attached to an aromatic ring is 1. The molecular weight excluding hydrogens is 441 g/mol. The quantitative estimate of drug-likeness (QED) is 0.347. The van der Waals surface area contributed by atoms with Gasteiger partial charge in [0.1, 0.15) is 0 Å². The zero-order chi connectivity index (χ0) is 21.3. The van der Waals surface area contributed by atoms with Gasteiger partial charge in [-0.2, -0.15) is 18.2 Å². The van der Waals surface area contributed by atoms with Gasteiger partial charge in [-0.25, -0.2) is 4.68 Å². The predicted molar refractivity (Wildman–Crippen MR) is 105 cm³/mol. The standard InChI is InChI=1S/C18H12ClF3N6OS/c19-13-6-4-10(5-7-13)16-25-26-17(28(16)23)30-9-14-24-15(27-29-14)11-2-1-3-12(8-11)18(20,21)22/h1-8H,9,23H2. The van der Waals surface area contributed by atoms with Gasteiger partial charge in [0.15, 0.2) is 5.82 Å². The second kappa shape index (κ2) is 8.00. The fourth-order valence-corrected chi connectivity index (χ4v) is 3.38. The van der Waals surface area contributed by atoms with Crippen molar-refractivity contribution < 1.29 is 17.7 Å². The van der Waals surface area contributed by atoms with E-state index in [0.29, 0.717) is 16.0 Å². The molecule has 0 unspecified atom stereocenters. The topological polar surface area (TPSA) is 95.7 Å². The van der Waals surface area contributed by atoms with Crippen molar-refractivity contribution in [2.24, 2.45) is 0 Å². The van der Waals surface area contributed by atoms with E-state index in [1.54, 1.807) is 24.3 Å². The van der Waals surface area contributed by atoms with Gasteiger partial charge in [0.05, 0.1) is 11.3 Å². The molecule has 0 fully saturated rings. The van der Waals surface area contributed by atoms with E-state index in [-0.39, 0.29) is 23.0 Å². The molecule has 30 heavy (non-hydrogen) atoms. The third kappa shape index (κ3) is 4.26. The van der Waals surface area contributed by atoms with Gasteiger partial charge in [-0.15, -0.1) is 10.2 Å². The molecule has 154 valence electrons. The normalized spacial score (nSPS) is 11.7. The van der Waals surface area contributed by atoms with E-state index in [1.165, 1.54) is 28.6 Å². The molecule has 4 aromatic rings. The predicted octanol–water partition coefficient (Wildman–Crippen LogP) is 4.67. The maximum atomic E-state index is 12.9. The Hall–Kier alpha value is -3.05. The first-order valence-corrected chi connectivity index (χ1v) is 9.77. The summed E-state index contributed by atoms with van der Waals surface area (Å²) < 4.78 is 45.1. The molecule has 0 saturated heterocycles. The Labute approximate surface area is 177 Å². The van der Waals surface area contributed by atoms with Crippen LogP contribution < -0.4 is 5.84 Å². The van der Waals surface area contributed by atoms with Crippen LogP contribution in [0.3, 0.4) is 0 Å². The van der Waals surface area contributed by atoms with Crippen molar-refractivity contribution in [3.8, 4) is 22.8 Å². The average Bonchev–Trinajstić information content (AvgIpc) is 3.33. The van der Waals surface area contributed by atoms with Gasteiger partial charge in [-0.3, -0.25) is 0 Å². The summed E-state index contributed by atoms with van der Waals surface area (Å²) in [4.78, 5) is 4.14. The molecule has 12 heteroatoms. The first kappa shape index (κ1) is 20.2. The molecule has 7 nitrogen and oxygen atoms in total. The van der Waals surface area contributed by atoms with E-state index < -0.39 is 11.7 Å². The van der Waals surface area contributed by atoms with E-state index in [2.05, 4.69) is 20.3 Å². The van der Waals surface area contributed by atoms with Crippen molar-refractivity contribution in [2.45, 2.75) is 17.1 Å². The third-order valence-corrected chi connectivity index (χ3v) is 5.19. The van der Waals surface area contributed by atoms with Crippen LogP contribution in [-0.4, -0.2) is 25.0 Å². The maximum absolute atomic E-state index is 12.9. The van der Waals surface area contributed by atoms with Crippen molar-refractivity contribution >= 4 is 23.4 Å². The lowest BCUT2D eigenvalue weighted by Gasteiger charge is -2.06. The number of nitrogens with zero attached hydrogens (tertiary/aromatic N) is 5. The number of alkyl halides is 3. The van der Waals surface area contributed by atoms with Crippen LogP contribution in [0.15, 0.2) is 58.2 Å². The molecule has 2 N–H and O–H groups in total. The molecule has 0 aliphatic rings. The van der Waals surface area contributed by atoms with E-state index in [0.717, 1.165) is 17.7 Å². The van der Waals surface area contributed by atoms with Crippen LogP contribution in [0.25, 0.3) is 22.8 Å². The molecular formula is C18H12ClF3N6OS. The number of hydrogen-bond donors (Lipinski definition) is 1. The SMILES string of the molecule is Nn1c(SCc2nc(-c3cccc(C(F)(F)F)c3)no2)nnc1-c1ccc(Cl)cc1. The maximum Gasteiger partial charge on any atom is 0.416 e. The molecule has 0 aliphatic heterocycles. The van der Waals surface area contributed by atoms with Crippen LogP contribution >= 0.6 is 23.4 Å². The van der Waals surface area contributed by atoms with Gasteiger partial charge < -0.3 is 10.4 Å². The van der Waals surface area contributed by atoms with Gasteiger partial charge in [-0.1, -0.05) is 40.7 Å². The molecule has 0 spiro atoms. The van der Waals surface area contributed by atoms with E-state index >= 15 is 0 Å². The zero-order valence-corrected chi connectivity index (χ0v) is 16.5. The van der Waals surface area contributed by atoms with Crippen LogP contribution in [-0.2, 0) is 11.9 Å². The first-order chi connectivity index (χ1) is 14.3. The van der Waals surface area contributed by atoms with Crippen LogP contribution in [0.1, 0.15) is 11.5 Å². The summed E-state index contributed by atoms with van der Waals surface area (Å²) in [5, 5.41) is 12.8. The van der Waals surface area contributed by atoms with Crippen molar-refractivity contribution in [1.29, 1.82) is 0 Å². The smallest absolute Gasteiger partial charge is 0.338 e. The number of aromatic nitrogens is 5. The Balaban J connectivity index is 1.47. The zero-order valence-electron chi connectivity index (χ0n) is 15.0. The molecule has 0 aliphatic carbocycles. The Kier molecular flexibility index (Phi) is 5.39. The van der Waals surface area contributed by atoms with Crippen molar-refractivity contribution in [3.63, 3.8) is 0 Å². The lowest BCUT2D eigenvalue weighted by molar-refractivity contribution is -0.137. The fourth-order valence-electron chi connectivity index (χ4n) is 2.56. The Morgan fingerprint density at radius 3 is 2.57 bits per heavy atom. The minimum absolute atomic E-state index is 0.0627. The van der Waals surface area contributed by atoms with Crippen molar-refractivity contribution in [2.75, 3.05) is 5.84 Å². The van der Waals surface area contributed by atoms with Crippen LogP contribution in [0.5, 0.6) is 0 Å². The van der Waals surface area contributed by atoms with Gasteiger partial charge in [0.25, 0.3) is 0 Å². The average molecular weight is 453 g/mol. The number of benzene rings is 2. The van der Waals surface area contributed by atoms with Gasteiger partial charge in [0, 0.05) is 16.1 Å². The number of rotatable bonds is 5. The van der Waals surface area contributed by atoms with E-state index in [1.807, 2.05) is 0 Å². The first-order valence-electron chi connectivity index (χ1n) is 8.41. The summed E-state index contributed by atoms with van der Waals surface area (Å²) in [6, 6.07) is 11.7. The fraction of sp³-hybridized carbons (Fsp3) is 0.111. The molecule has 0 atom stereocenters. The second-order valence-electron chi connectivity index (χ2n) is 6.06. The van der Waals surface area contributed by atoms with Gasteiger partial charge in [0.2, 0.25) is 16.9 Å². The molecule has 4 rings (SSSR count). The molecule has 0 bridgehead atoms. The molecule has 2 heterocycles. The van der Waals surface area contributed by atoms with Crippen molar-refractivity contribution in [3.05, 3.63) is 65.0 Å². The molecule has 0 amide bonds. The molecule has 0 radical (unpaired) electrons. The summed E-state index contributed by atoms with van der Waals surface area (Å²) in [6.45, 7) is 0. The number of nitrogens with two attached hydrogens (primary N) is 1. The minimum atomic E-state index is -4.45. The highest BCUT2D eigenvalue weighted by atomic mass is 35.5. The molecule has 0 saturated carbocycles. The van der Waals surface area contributed by atoms with E-state index in [4.69, 9.17) is 22.0 Å². The lowest BCUT2D eigenvalue weighted by Crippen LogP contribution is -2.11. The Bertz CT molecular complexity index is 1180. The number of hydrogen-bond acceptors (Lipinski definition) is 7. The Morgan fingerprint density at radius 2 is 1.83 bits per heavy atom. The van der Waals surface area contributed by atoms with Crippen molar-refractivity contribution in [1.82, 2.24) is 25.0 Å². The largest absolute Gasteiger partial charge is 0.416 e. The molecule has 2 aromatic heterocycles.